The molecule has 0 aliphatic heterocycles. The van der Waals surface area contributed by atoms with Crippen LogP contribution >= 0.6 is 0 Å². The molecule has 1 rings (SSSR count). The van der Waals surface area contributed by atoms with Gasteiger partial charge in [0.15, 0.2) is 0 Å². The van der Waals surface area contributed by atoms with Gasteiger partial charge in [-0.2, -0.15) is 0 Å². The Labute approximate surface area is 103 Å². The minimum absolute atomic E-state index is 0.181. The van der Waals surface area contributed by atoms with E-state index in [1.165, 1.54) is 0 Å². The maximum absolute atomic E-state index is 11.3. The molecule has 1 aromatic rings. The van der Waals surface area contributed by atoms with Crippen LogP contribution < -0.4 is 0 Å². The molecule has 0 aliphatic rings. The zero-order valence-corrected chi connectivity index (χ0v) is 10.4. The maximum atomic E-state index is 11.3. The predicted molar refractivity (Wildman–Crippen MR) is 69.6 cm³/mol. The quantitative estimate of drug-likeness (QED) is 0.705. The number of esters is 1. The zero-order valence-electron chi connectivity index (χ0n) is 10.4. The van der Waals surface area contributed by atoms with Crippen molar-refractivity contribution in [2.24, 2.45) is 0 Å². The number of nitrogens with zero attached hydrogens (tertiary/aromatic N) is 1. The lowest BCUT2D eigenvalue weighted by Gasteiger charge is -2.08. The van der Waals surface area contributed by atoms with Crippen LogP contribution in [0.5, 0.6) is 0 Å². The van der Waals surface area contributed by atoms with Gasteiger partial charge in [-0.25, -0.2) is 0 Å². The van der Waals surface area contributed by atoms with Gasteiger partial charge < -0.3 is 9.64 Å². The summed E-state index contributed by atoms with van der Waals surface area (Å²) in [4.78, 5) is 13.3. The Kier molecular flexibility index (Phi) is 6.04. The van der Waals surface area contributed by atoms with Gasteiger partial charge >= 0.3 is 5.97 Å². The summed E-state index contributed by atoms with van der Waals surface area (Å²) in [5, 5.41) is 0. The van der Waals surface area contributed by atoms with Crippen LogP contribution in [0.3, 0.4) is 0 Å². The van der Waals surface area contributed by atoms with Gasteiger partial charge in [0, 0.05) is 6.54 Å². The molecule has 1 aromatic carbocycles. The number of hydrogen-bond donors (Lipinski definition) is 0. The summed E-state index contributed by atoms with van der Waals surface area (Å²) in [6.07, 6.45) is 4.07. The minimum Gasteiger partial charge on any atom is -0.464 e. The number of carbonyl (C=O) groups is 1. The molecule has 0 fully saturated rings. The normalized spacial score (nSPS) is 11.0. The molecule has 0 saturated carbocycles. The zero-order chi connectivity index (χ0) is 12.5. The summed E-state index contributed by atoms with van der Waals surface area (Å²) in [7, 11) is 3.90. The molecule has 0 radical (unpaired) electrons. The van der Waals surface area contributed by atoms with Crippen molar-refractivity contribution in [3.05, 3.63) is 42.0 Å². The molecule has 3 heteroatoms. The summed E-state index contributed by atoms with van der Waals surface area (Å²) >= 11 is 0. The van der Waals surface area contributed by atoms with Gasteiger partial charge in [-0.15, -0.1) is 0 Å². The van der Waals surface area contributed by atoms with Gasteiger partial charge in [0.2, 0.25) is 0 Å². The molecule has 0 amide bonds. The number of rotatable bonds is 6. The minimum atomic E-state index is -0.181. The predicted octanol–water partition coefficient (Wildman–Crippen LogP) is 2.19. The van der Waals surface area contributed by atoms with Gasteiger partial charge in [-0.1, -0.05) is 42.5 Å². The van der Waals surface area contributed by atoms with Crippen molar-refractivity contribution in [1.29, 1.82) is 0 Å². The topological polar surface area (TPSA) is 29.5 Å². The van der Waals surface area contributed by atoms with Crippen molar-refractivity contribution in [3.63, 3.8) is 0 Å². The van der Waals surface area contributed by atoms with Crippen molar-refractivity contribution < 1.29 is 9.53 Å². The Balaban J connectivity index is 2.22. The third kappa shape index (κ3) is 6.53. The number of benzene rings is 1. The monoisotopic (exact) mass is 233 g/mol. The maximum Gasteiger partial charge on any atom is 0.309 e. The summed E-state index contributed by atoms with van der Waals surface area (Å²) < 4.78 is 5.06. The Morgan fingerprint density at radius 3 is 2.65 bits per heavy atom. The second-order valence-corrected chi connectivity index (χ2v) is 4.04. The molecule has 0 bridgehead atoms. The van der Waals surface area contributed by atoms with Crippen LogP contribution in [0.2, 0.25) is 0 Å². The average Bonchev–Trinajstić information content (AvgIpc) is 2.30. The van der Waals surface area contributed by atoms with Crippen LogP contribution in [0.1, 0.15) is 12.0 Å². The fourth-order valence-electron chi connectivity index (χ4n) is 1.26. The fraction of sp³-hybridized carbons (Fsp3) is 0.357. The van der Waals surface area contributed by atoms with Crippen LogP contribution in [-0.2, 0) is 9.53 Å². The molecule has 0 aromatic heterocycles. The van der Waals surface area contributed by atoms with E-state index in [0.29, 0.717) is 13.0 Å². The van der Waals surface area contributed by atoms with Gasteiger partial charge in [0.1, 0.15) is 6.61 Å². The molecule has 0 N–H and O–H groups in total. The molecule has 3 nitrogen and oxygen atoms in total. The molecule has 0 unspecified atom stereocenters. The number of carbonyl (C=O) groups excluding carboxylic acids is 1. The first kappa shape index (κ1) is 13.5. The first-order valence-corrected chi connectivity index (χ1v) is 5.70. The summed E-state index contributed by atoms with van der Waals surface area (Å²) in [5.41, 5.74) is 1.09. The fourth-order valence-corrected chi connectivity index (χ4v) is 1.26. The van der Waals surface area contributed by atoms with Crippen LogP contribution in [0.25, 0.3) is 6.08 Å². The molecule has 0 atom stereocenters. The first-order chi connectivity index (χ1) is 8.18. The molecule has 92 valence electrons. The SMILES string of the molecule is CN(C)CCOC(=O)C/C=C/c1ccccc1. The average molecular weight is 233 g/mol. The highest BCUT2D eigenvalue weighted by Gasteiger charge is 1.99. The van der Waals surface area contributed by atoms with Crippen molar-refractivity contribution in [2.45, 2.75) is 6.42 Å². The summed E-state index contributed by atoms with van der Waals surface area (Å²) in [5.74, 6) is -0.181. The van der Waals surface area contributed by atoms with Crippen LogP contribution in [-0.4, -0.2) is 38.1 Å². The van der Waals surface area contributed by atoms with Crippen LogP contribution in [0.4, 0.5) is 0 Å². The molecular weight excluding hydrogens is 214 g/mol. The van der Waals surface area contributed by atoms with E-state index in [1.807, 2.05) is 61.5 Å². The first-order valence-electron chi connectivity index (χ1n) is 5.70. The lowest BCUT2D eigenvalue weighted by atomic mass is 10.2. The van der Waals surface area contributed by atoms with Gasteiger partial charge in [-0.05, 0) is 19.7 Å². The van der Waals surface area contributed by atoms with E-state index < -0.39 is 0 Å². The number of likely N-dealkylation sites (N-methyl/N-ethyl adjacent to an activating group) is 1. The lowest BCUT2D eigenvalue weighted by Crippen LogP contribution is -2.19. The molecular formula is C14H19NO2. The second kappa shape index (κ2) is 7.63. The third-order valence-electron chi connectivity index (χ3n) is 2.20. The smallest absolute Gasteiger partial charge is 0.309 e. The Hall–Kier alpha value is -1.61. The highest BCUT2D eigenvalue weighted by molar-refractivity contribution is 5.72. The summed E-state index contributed by atoms with van der Waals surface area (Å²) in [6.45, 7) is 1.21. The van der Waals surface area contributed by atoms with E-state index >= 15 is 0 Å². The molecule has 17 heavy (non-hydrogen) atoms. The molecule has 0 saturated heterocycles. The van der Waals surface area contributed by atoms with Gasteiger partial charge in [-0.3, -0.25) is 4.79 Å². The van der Waals surface area contributed by atoms with Crippen molar-refractivity contribution >= 4 is 12.0 Å². The van der Waals surface area contributed by atoms with E-state index in [4.69, 9.17) is 4.74 Å². The Morgan fingerprint density at radius 2 is 2.00 bits per heavy atom. The van der Waals surface area contributed by atoms with Gasteiger partial charge in [0.25, 0.3) is 0 Å². The van der Waals surface area contributed by atoms with Crippen LogP contribution in [0, 0.1) is 0 Å². The Bertz CT molecular complexity index is 358. The highest BCUT2D eigenvalue weighted by atomic mass is 16.5. The second-order valence-electron chi connectivity index (χ2n) is 4.04. The highest BCUT2D eigenvalue weighted by Crippen LogP contribution is 2.02. The van der Waals surface area contributed by atoms with Crippen molar-refractivity contribution in [1.82, 2.24) is 4.90 Å². The van der Waals surface area contributed by atoms with E-state index in [0.717, 1.165) is 12.1 Å². The lowest BCUT2D eigenvalue weighted by molar-refractivity contribution is -0.142. The van der Waals surface area contributed by atoms with E-state index in [1.54, 1.807) is 0 Å². The molecule has 0 spiro atoms. The Morgan fingerprint density at radius 1 is 1.29 bits per heavy atom. The molecule has 0 aliphatic carbocycles. The molecule has 0 heterocycles. The number of hydrogen-bond acceptors (Lipinski definition) is 3. The largest absolute Gasteiger partial charge is 0.464 e. The van der Waals surface area contributed by atoms with Crippen molar-refractivity contribution in [2.75, 3.05) is 27.2 Å². The van der Waals surface area contributed by atoms with E-state index in [-0.39, 0.29) is 5.97 Å². The van der Waals surface area contributed by atoms with Crippen LogP contribution in [0.15, 0.2) is 36.4 Å². The third-order valence-corrected chi connectivity index (χ3v) is 2.20. The van der Waals surface area contributed by atoms with Crippen molar-refractivity contribution in [3.8, 4) is 0 Å². The standard InChI is InChI=1S/C14H19NO2/c1-15(2)11-12-17-14(16)10-6-9-13-7-4-3-5-8-13/h3-9H,10-12H2,1-2H3/b9-6+. The van der Waals surface area contributed by atoms with Gasteiger partial charge in [0.05, 0.1) is 6.42 Å². The van der Waals surface area contributed by atoms with E-state index in [9.17, 15) is 4.79 Å². The summed E-state index contributed by atoms with van der Waals surface area (Å²) in [6, 6.07) is 9.89. The number of ether oxygens (including phenoxy) is 1. The van der Waals surface area contributed by atoms with E-state index in [2.05, 4.69) is 0 Å².